The number of aryl methyl sites for hydroxylation is 1. The fraction of sp³-hybridized carbons (Fsp3) is 0.333. The molecular formula is C18H21ClFN. The van der Waals surface area contributed by atoms with E-state index in [0.29, 0.717) is 0 Å². The largest absolute Gasteiger partial charge is 0.307 e. The maximum absolute atomic E-state index is 13.7. The monoisotopic (exact) mass is 305 g/mol. The number of hydrogen-bond donors (Lipinski definition) is 1. The van der Waals surface area contributed by atoms with Crippen molar-refractivity contribution < 1.29 is 4.39 Å². The van der Waals surface area contributed by atoms with E-state index in [-0.39, 0.29) is 16.9 Å². The average Bonchev–Trinajstić information content (AvgIpc) is 2.49. The van der Waals surface area contributed by atoms with E-state index in [9.17, 15) is 4.39 Å². The molecule has 2 rings (SSSR count). The first-order valence-corrected chi connectivity index (χ1v) is 7.80. The Bertz CT molecular complexity index is 580. The molecule has 2 aromatic carbocycles. The molecule has 0 saturated carbocycles. The number of rotatable bonds is 6. The second kappa shape index (κ2) is 7.58. The second-order valence-electron chi connectivity index (χ2n) is 5.16. The minimum absolute atomic E-state index is 0.0163. The third-order valence-electron chi connectivity index (χ3n) is 3.54. The van der Waals surface area contributed by atoms with Crippen LogP contribution in [0.25, 0.3) is 0 Å². The Morgan fingerprint density at radius 2 is 1.71 bits per heavy atom. The lowest BCUT2D eigenvalue weighted by Crippen LogP contribution is -2.22. The molecule has 0 fully saturated rings. The van der Waals surface area contributed by atoms with E-state index in [1.807, 2.05) is 13.0 Å². The molecule has 112 valence electrons. The zero-order chi connectivity index (χ0) is 15.2. The van der Waals surface area contributed by atoms with Gasteiger partial charge in [0.1, 0.15) is 5.82 Å². The Balaban J connectivity index is 2.31. The van der Waals surface area contributed by atoms with Crippen LogP contribution in [0.3, 0.4) is 0 Å². The summed E-state index contributed by atoms with van der Waals surface area (Å²) in [6, 6.07) is 13.5. The molecule has 0 radical (unpaired) electrons. The van der Waals surface area contributed by atoms with Gasteiger partial charge in [-0.1, -0.05) is 62.2 Å². The molecule has 2 aromatic rings. The number of hydrogen-bond acceptors (Lipinski definition) is 1. The van der Waals surface area contributed by atoms with Crippen molar-refractivity contribution in [2.45, 2.75) is 32.7 Å². The van der Waals surface area contributed by atoms with Gasteiger partial charge in [-0.15, -0.1) is 0 Å². The molecule has 1 atom stereocenters. The van der Waals surface area contributed by atoms with Crippen molar-refractivity contribution >= 4 is 11.6 Å². The maximum Gasteiger partial charge on any atom is 0.142 e. The van der Waals surface area contributed by atoms with Crippen LogP contribution in [0.5, 0.6) is 0 Å². The van der Waals surface area contributed by atoms with Crippen LogP contribution in [-0.4, -0.2) is 6.54 Å². The zero-order valence-corrected chi connectivity index (χ0v) is 13.3. The van der Waals surface area contributed by atoms with Crippen molar-refractivity contribution in [3.8, 4) is 0 Å². The highest BCUT2D eigenvalue weighted by Gasteiger charge is 2.14. The Hall–Kier alpha value is -1.38. The van der Waals surface area contributed by atoms with Crippen LogP contribution >= 0.6 is 11.6 Å². The summed E-state index contributed by atoms with van der Waals surface area (Å²) < 4.78 is 13.7. The van der Waals surface area contributed by atoms with Crippen molar-refractivity contribution in [1.82, 2.24) is 5.32 Å². The predicted molar refractivity (Wildman–Crippen MR) is 87.4 cm³/mol. The Morgan fingerprint density at radius 1 is 1.05 bits per heavy atom. The van der Waals surface area contributed by atoms with Gasteiger partial charge >= 0.3 is 0 Å². The average molecular weight is 306 g/mol. The molecule has 0 aliphatic carbocycles. The van der Waals surface area contributed by atoms with Crippen molar-refractivity contribution in [2.24, 2.45) is 0 Å². The van der Waals surface area contributed by atoms with Gasteiger partial charge in [-0.2, -0.15) is 0 Å². The molecule has 0 bridgehead atoms. The lowest BCUT2D eigenvalue weighted by molar-refractivity contribution is 0.603. The van der Waals surface area contributed by atoms with Crippen LogP contribution in [0.15, 0.2) is 42.5 Å². The minimum Gasteiger partial charge on any atom is -0.307 e. The number of benzene rings is 2. The quantitative estimate of drug-likeness (QED) is 0.780. The Kier molecular flexibility index (Phi) is 5.77. The maximum atomic E-state index is 13.7. The summed E-state index contributed by atoms with van der Waals surface area (Å²) >= 11 is 5.77. The molecule has 0 amide bonds. The van der Waals surface area contributed by atoms with Gasteiger partial charge in [0.15, 0.2) is 0 Å². The van der Waals surface area contributed by atoms with Gasteiger partial charge in [-0.25, -0.2) is 4.39 Å². The smallest absolute Gasteiger partial charge is 0.142 e. The SMILES string of the molecule is CCCc1ccc(C(NCC)c2ccc(Cl)c(F)c2)cc1. The normalized spacial score (nSPS) is 12.4. The molecule has 0 aliphatic rings. The van der Waals surface area contributed by atoms with E-state index >= 15 is 0 Å². The summed E-state index contributed by atoms with van der Waals surface area (Å²) in [5.74, 6) is -0.375. The van der Waals surface area contributed by atoms with Crippen molar-refractivity contribution in [2.75, 3.05) is 6.54 Å². The highest BCUT2D eigenvalue weighted by atomic mass is 35.5. The number of nitrogens with one attached hydrogen (secondary N) is 1. The van der Waals surface area contributed by atoms with Crippen LogP contribution in [0.4, 0.5) is 4.39 Å². The van der Waals surface area contributed by atoms with E-state index in [0.717, 1.165) is 30.5 Å². The summed E-state index contributed by atoms with van der Waals surface area (Å²) in [6.07, 6.45) is 2.22. The predicted octanol–water partition coefficient (Wildman–Crippen LogP) is 5.13. The van der Waals surface area contributed by atoms with Gasteiger partial charge in [0.2, 0.25) is 0 Å². The lowest BCUT2D eigenvalue weighted by atomic mass is 9.97. The Labute approximate surface area is 131 Å². The van der Waals surface area contributed by atoms with Gasteiger partial charge in [0.05, 0.1) is 11.1 Å². The van der Waals surface area contributed by atoms with Crippen molar-refractivity contribution in [1.29, 1.82) is 0 Å². The van der Waals surface area contributed by atoms with Crippen molar-refractivity contribution in [3.63, 3.8) is 0 Å². The van der Waals surface area contributed by atoms with Crippen LogP contribution in [-0.2, 0) is 6.42 Å². The topological polar surface area (TPSA) is 12.0 Å². The lowest BCUT2D eigenvalue weighted by Gasteiger charge is -2.19. The molecule has 0 heterocycles. The van der Waals surface area contributed by atoms with Crippen molar-refractivity contribution in [3.05, 3.63) is 70.0 Å². The van der Waals surface area contributed by atoms with E-state index in [1.165, 1.54) is 11.6 Å². The molecule has 1 unspecified atom stereocenters. The van der Waals surface area contributed by atoms with E-state index in [4.69, 9.17) is 11.6 Å². The first kappa shape index (κ1) is 16.0. The summed E-state index contributed by atoms with van der Waals surface area (Å²) in [5.41, 5.74) is 3.36. The van der Waals surface area contributed by atoms with E-state index < -0.39 is 0 Å². The Morgan fingerprint density at radius 3 is 2.29 bits per heavy atom. The van der Waals surface area contributed by atoms with Crippen LogP contribution < -0.4 is 5.32 Å². The molecule has 0 spiro atoms. The van der Waals surface area contributed by atoms with Crippen LogP contribution in [0, 0.1) is 5.82 Å². The molecule has 0 aliphatic heterocycles. The summed E-state index contributed by atoms with van der Waals surface area (Å²) in [5, 5.41) is 3.56. The third kappa shape index (κ3) is 4.05. The first-order valence-electron chi connectivity index (χ1n) is 7.42. The summed E-state index contributed by atoms with van der Waals surface area (Å²) in [4.78, 5) is 0. The van der Waals surface area contributed by atoms with Crippen LogP contribution in [0.1, 0.15) is 43.0 Å². The standard InChI is InChI=1S/C18H21ClFN/c1-3-5-13-6-8-14(9-7-13)18(21-4-2)15-10-11-16(19)17(20)12-15/h6-12,18,21H,3-5H2,1-2H3. The van der Waals surface area contributed by atoms with Gasteiger partial charge < -0.3 is 5.32 Å². The fourth-order valence-corrected chi connectivity index (χ4v) is 2.61. The van der Waals surface area contributed by atoms with Gasteiger partial charge in [-0.05, 0) is 41.8 Å². The van der Waals surface area contributed by atoms with Gasteiger partial charge in [0, 0.05) is 0 Å². The molecule has 3 heteroatoms. The zero-order valence-electron chi connectivity index (χ0n) is 12.5. The molecule has 1 nitrogen and oxygen atoms in total. The van der Waals surface area contributed by atoms with Gasteiger partial charge in [0.25, 0.3) is 0 Å². The molecular weight excluding hydrogens is 285 g/mol. The second-order valence-corrected chi connectivity index (χ2v) is 5.56. The highest BCUT2D eigenvalue weighted by Crippen LogP contribution is 2.26. The molecule has 21 heavy (non-hydrogen) atoms. The highest BCUT2D eigenvalue weighted by molar-refractivity contribution is 6.30. The molecule has 1 N–H and O–H groups in total. The van der Waals surface area contributed by atoms with E-state index in [1.54, 1.807) is 6.07 Å². The third-order valence-corrected chi connectivity index (χ3v) is 3.84. The molecule has 0 aromatic heterocycles. The van der Waals surface area contributed by atoms with E-state index in [2.05, 4.69) is 36.5 Å². The van der Waals surface area contributed by atoms with Gasteiger partial charge in [-0.3, -0.25) is 0 Å². The summed E-state index contributed by atoms with van der Waals surface area (Å²) in [6.45, 7) is 5.03. The summed E-state index contributed by atoms with van der Waals surface area (Å²) in [7, 11) is 0. The van der Waals surface area contributed by atoms with Crippen LogP contribution in [0.2, 0.25) is 5.02 Å². The minimum atomic E-state index is -0.375. The first-order chi connectivity index (χ1) is 10.2. The molecule has 0 saturated heterocycles. The number of halogens is 2. The fourth-order valence-electron chi connectivity index (χ4n) is 2.49.